The summed E-state index contributed by atoms with van der Waals surface area (Å²) in [7, 11) is 0. The number of likely N-dealkylation sites (N-methyl/N-ethyl adjacent to an activating group) is 1. The van der Waals surface area contributed by atoms with Crippen molar-refractivity contribution in [1.29, 1.82) is 0 Å². The lowest BCUT2D eigenvalue weighted by atomic mass is 9.90. The van der Waals surface area contributed by atoms with Crippen molar-refractivity contribution in [3.05, 3.63) is 29.3 Å². The Hall–Kier alpha value is -1.06. The van der Waals surface area contributed by atoms with Crippen molar-refractivity contribution in [3.8, 4) is 5.75 Å². The first-order valence-electron chi connectivity index (χ1n) is 5.54. The summed E-state index contributed by atoms with van der Waals surface area (Å²) in [5.41, 5.74) is 2.59. The van der Waals surface area contributed by atoms with Gasteiger partial charge in [-0.2, -0.15) is 0 Å². The minimum Gasteiger partial charge on any atom is -0.508 e. The maximum atomic E-state index is 9.41. The predicted octanol–water partition coefficient (Wildman–Crippen LogP) is 1.19. The molecule has 0 saturated heterocycles. The zero-order chi connectivity index (χ0) is 10.7. The van der Waals surface area contributed by atoms with Gasteiger partial charge in [0.15, 0.2) is 0 Å². The minimum absolute atomic E-state index is 0.361. The highest BCUT2D eigenvalue weighted by molar-refractivity contribution is 5.38. The van der Waals surface area contributed by atoms with Crippen LogP contribution in [0.2, 0.25) is 0 Å². The van der Waals surface area contributed by atoms with Gasteiger partial charge in [0.1, 0.15) is 5.75 Å². The van der Waals surface area contributed by atoms with Crippen molar-refractivity contribution in [1.82, 2.24) is 10.6 Å². The Labute approximate surface area is 90.5 Å². The summed E-state index contributed by atoms with van der Waals surface area (Å²) in [6, 6.07) is 5.69. The molecule has 3 heteroatoms. The van der Waals surface area contributed by atoms with Gasteiger partial charge in [0, 0.05) is 25.6 Å². The first-order chi connectivity index (χ1) is 7.31. The van der Waals surface area contributed by atoms with Gasteiger partial charge in [-0.1, -0.05) is 13.0 Å². The summed E-state index contributed by atoms with van der Waals surface area (Å²) in [6.45, 7) is 6.01. The second-order valence-corrected chi connectivity index (χ2v) is 4.02. The summed E-state index contributed by atoms with van der Waals surface area (Å²) >= 11 is 0. The number of phenols is 1. The van der Waals surface area contributed by atoms with Crippen LogP contribution in [0.25, 0.3) is 0 Å². The fourth-order valence-electron chi connectivity index (χ4n) is 2.14. The molecular formula is C12H18N2O. The van der Waals surface area contributed by atoms with E-state index in [0.717, 1.165) is 26.2 Å². The van der Waals surface area contributed by atoms with E-state index in [2.05, 4.69) is 17.6 Å². The van der Waals surface area contributed by atoms with Crippen molar-refractivity contribution < 1.29 is 5.11 Å². The number of nitrogens with one attached hydrogen (secondary N) is 2. The van der Waals surface area contributed by atoms with Crippen LogP contribution in [-0.4, -0.2) is 24.7 Å². The average molecular weight is 206 g/mol. The van der Waals surface area contributed by atoms with E-state index in [1.165, 1.54) is 11.1 Å². The van der Waals surface area contributed by atoms with Gasteiger partial charge in [0.05, 0.1) is 0 Å². The van der Waals surface area contributed by atoms with Crippen LogP contribution < -0.4 is 10.6 Å². The van der Waals surface area contributed by atoms with E-state index in [0.29, 0.717) is 11.7 Å². The Morgan fingerprint density at radius 3 is 3.20 bits per heavy atom. The molecule has 1 aliphatic rings. The summed E-state index contributed by atoms with van der Waals surface area (Å²) in [4.78, 5) is 0. The smallest absolute Gasteiger partial charge is 0.115 e. The van der Waals surface area contributed by atoms with E-state index >= 15 is 0 Å². The number of rotatable bonds is 3. The van der Waals surface area contributed by atoms with Crippen molar-refractivity contribution >= 4 is 0 Å². The molecule has 0 fully saturated rings. The zero-order valence-corrected chi connectivity index (χ0v) is 9.09. The topological polar surface area (TPSA) is 44.3 Å². The molecule has 0 amide bonds. The third-order valence-electron chi connectivity index (χ3n) is 2.91. The lowest BCUT2D eigenvalue weighted by Crippen LogP contribution is -2.34. The average Bonchev–Trinajstić information content (AvgIpc) is 2.25. The molecule has 1 aromatic rings. The molecule has 0 aliphatic carbocycles. The molecule has 0 saturated carbocycles. The molecular weight excluding hydrogens is 188 g/mol. The van der Waals surface area contributed by atoms with E-state index in [9.17, 15) is 5.11 Å². The molecule has 1 aliphatic heterocycles. The molecule has 1 heterocycles. The zero-order valence-electron chi connectivity index (χ0n) is 9.09. The van der Waals surface area contributed by atoms with E-state index in [-0.39, 0.29) is 0 Å². The fourth-order valence-corrected chi connectivity index (χ4v) is 2.14. The van der Waals surface area contributed by atoms with Gasteiger partial charge in [-0.25, -0.2) is 0 Å². The summed E-state index contributed by atoms with van der Waals surface area (Å²) < 4.78 is 0. The number of phenolic OH excluding ortho intramolecular Hbond substituents is 1. The highest BCUT2D eigenvalue weighted by Gasteiger charge is 2.19. The van der Waals surface area contributed by atoms with E-state index in [1.54, 1.807) is 6.07 Å². The number of hydrogen-bond donors (Lipinski definition) is 3. The van der Waals surface area contributed by atoms with Gasteiger partial charge >= 0.3 is 0 Å². The largest absolute Gasteiger partial charge is 0.508 e. The Kier molecular flexibility index (Phi) is 3.23. The Bertz CT molecular complexity index is 338. The van der Waals surface area contributed by atoms with Crippen molar-refractivity contribution in [2.75, 3.05) is 19.6 Å². The molecule has 1 aromatic carbocycles. The first-order valence-corrected chi connectivity index (χ1v) is 5.54. The van der Waals surface area contributed by atoms with Gasteiger partial charge < -0.3 is 15.7 Å². The van der Waals surface area contributed by atoms with Crippen LogP contribution in [0.5, 0.6) is 5.75 Å². The predicted molar refractivity (Wildman–Crippen MR) is 61.1 cm³/mol. The SMILES string of the molecule is CCNCC1CNCc2cc(O)ccc21. The number of benzene rings is 1. The van der Waals surface area contributed by atoms with E-state index in [4.69, 9.17) is 0 Å². The molecule has 0 aromatic heterocycles. The number of hydrogen-bond acceptors (Lipinski definition) is 3. The second kappa shape index (κ2) is 4.64. The van der Waals surface area contributed by atoms with Crippen molar-refractivity contribution in [2.45, 2.75) is 19.4 Å². The monoisotopic (exact) mass is 206 g/mol. The van der Waals surface area contributed by atoms with Gasteiger partial charge in [-0.3, -0.25) is 0 Å². The van der Waals surface area contributed by atoms with Crippen LogP contribution in [0.1, 0.15) is 24.0 Å². The molecule has 0 radical (unpaired) electrons. The quantitative estimate of drug-likeness (QED) is 0.696. The molecule has 3 N–H and O–H groups in total. The molecule has 82 valence electrons. The normalized spacial score (nSPS) is 19.9. The highest BCUT2D eigenvalue weighted by atomic mass is 16.3. The summed E-state index contributed by atoms with van der Waals surface area (Å²) in [5, 5.41) is 16.2. The van der Waals surface area contributed by atoms with Crippen molar-refractivity contribution in [2.24, 2.45) is 0 Å². The third kappa shape index (κ3) is 2.30. The lowest BCUT2D eigenvalue weighted by Gasteiger charge is -2.26. The molecule has 0 spiro atoms. The second-order valence-electron chi connectivity index (χ2n) is 4.02. The number of aromatic hydroxyl groups is 1. The first kappa shape index (κ1) is 10.5. The minimum atomic E-state index is 0.361. The summed E-state index contributed by atoms with van der Waals surface area (Å²) in [5.74, 6) is 0.883. The number of fused-ring (bicyclic) bond motifs is 1. The summed E-state index contributed by atoms with van der Waals surface area (Å²) in [6.07, 6.45) is 0. The standard InChI is InChI=1S/C12H18N2O/c1-2-13-7-10-8-14-6-9-5-11(15)3-4-12(9)10/h3-5,10,13-15H,2,6-8H2,1H3. The van der Waals surface area contributed by atoms with Crippen molar-refractivity contribution in [3.63, 3.8) is 0 Å². The fraction of sp³-hybridized carbons (Fsp3) is 0.500. The Morgan fingerprint density at radius 1 is 1.53 bits per heavy atom. The molecule has 1 atom stereocenters. The van der Waals surface area contributed by atoms with Gasteiger partial charge in [0.25, 0.3) is 0 Å². The molecule has 2 rings (SSSR count). The van der Waals surface area contributed by atoms with Crippen LogP contribution in [0.3, 0.4) is 0 Å². The third-order valence-corrected chi connectivity index (χ3v) is 2.91. The lowest BCUT2D eigenvalue weighted by molar-refractivity contribution is 0.467. The van der Waals surface area contributed by atoms with Gasteiger partial charge in [-0.05, 0) is 29.8 Å². The molecule has 3 nitrogen and oxygen atoms in total. The highest BCUT2D eigenvalue weighted by Crippen LogP contribution is 2.26. The maximum Gasteiger partial charge on any atom is 0.115 e. The maximum absolute atomic E-state index is 9.41. The van der Waals surface area contributed by atoms with Crippen LogP contribution in [0.4, 0.5) is 0 Å². The van der Waals surface area contributed by atoms with Crippen LogP contribution >= 0.6 is 0 Å². The van der Waals surface area contributed by atoms with Crippen LogP contribution in [-0.2, 0) is 6.54 Å². The molecule has 1 unspecified atom stereocenters. The van der Waals surface area contributed by atoms with E-state index in [1.807, 2.05) is 12.1 Å². The van der Waals surface area contributed by atoms with Gasteiger partial charge in [0.2, 0.25) is 0 Å². The van der Waals surface area contributed by atoms with Gasteiger partial charge in [-0.15, -0.1) is 0 Å². The molecule has 15 heavy (non-hydrogen) atoms. The molecule has 0 bridgehead atoms. The van der Waals surface area contributed by atoms with E-state index < -0.39 is 0 Å². The Balaban J connectivity index is 2.18. The Morgan fingerprint density at radius 2 is 2.40 bits per heavy atom. The van der Waals surface area contributed by atoms with Crippen LogP contribution in [0.15, 0.2) is 18.2 Å². The van der Waals surface area contributed by atoms with Crippen LogP contribution in [0, 0.1) is 0 Å².